The van der Waals surface area contributed by atoms with Gasteiger partial charge < -0.3 is 55.1 Å². The summed E-state index contributed by atoms with van der Waals surface area (Å²) in [6, 6.07) is 0. The first-order chi connectivity index (χ1) is 10.8. The first-order valence-electron chi connectivity index (χ1n) is 7.07. The molecule has 11 nitrogen and oxygen atoms in total. The Kier molecular flexibility index (Phi) is 6.27. The average Bonchev–Trinajstić information content (AvgIpc) is 2.54. The first-order valence-corrected chi connectivity index (χ1v) is 7.07. The van der Waals surface area contributed by atoms with E-state index in [0.717, 1.165) is 0 Å². The number of hydrogen-bond acceptors (Lipinski definition) is 11. The Labute approximate surface area is 130 Å². The number of hydrogen-bond donors (Lipinski definition) is 8. The highest BCUT2D eigenvalue weighted by Gasteiger charge is 2.46. The summed E-state index contributed by atoms with van der Waals surface area (Å²) in [5.74, 6) is 0. The third-order valence-electron chi connectivity index (χ3n) is 3.96. The second-order valence-electron chi connectivity index (χ2n) is 5.57. The number of aliphatic hydroxyl groups excluding tert-OH is 8. The van der Waals surface area contributed by atoms with Gasteiger partial charge in [0.2, 0.25) is 0 Å². The topological polar surface area (TPSA) is 190 Å². The molecule has 0 amide bonds. The van der Waals surface area contributed by atoms with Gasteiger partial charge in [-0.3, -0.25) is 0 Å². The third kappa shape index (κ3) is 3.81. The van der Waals surface area contributed by atoms with Crippen molar-refractivity contribution in [3.05, 3.63) is 0 Å². The molecule has 0 aromatic rings. The Balaban J connectivity index is 1.94. The van der Waals surface area contributed by atoms with Gasteiger partial charge in [-0.2, -0.15) is 0 Å². The van der Waals surface area contributed by atoms with Gasteiger partial charge in [-0.05, 0) is 0 Å². The zero-order valence-electron chi connectivity index (χ0n) is 12.0. The second-order valence-corrected chi connectivity index (χ2v) is 5.57. The Bertz CT molecular complexity index is 380. The van der Waals surface area contributed by atoms with E-state index in [9.17, 15) is 35.7 Å². The molecule has 8 N–H and O–H groups in total. The molecule has 0 bridgehead atoms. The van der Waals surface area contributed by atoms with Gasteiger partial charge in [-0.1, -0.05) is 0 Å². The standard InChI is InChI=1S/C12H22O11/c13-1-3-5(14)8(17)10(19)12(23-3)21-2-4-6(15)7(16)9(18)11(20)22-4/h3-20H,1-2H2/t3-,4+,5+,6-,7-,8-,9-,10-,11-,12+/m1/s1. The van der Waals surface area contributed by atoms with Crippen molar-refractivity contribution in [2.75, 3.05) is 13.2 Å². The Morgan fingerprint density at radius 3 is 1.83 bits per heavy atom. The van der Waals surface area contributed by atoms with Crippen molar-refractivity contribution in [1.82, 2.24) is 0 Å². The van der Waals surface area contributed by atoms with Gasteiger partial charge in [0.1, 0.15) is 48.8 Å². The van der Waals surface area contributed by atoms with Gasteiger partial charge >= 0.3 is 0 Å². The predicted molar refractivity (Wildman–Crippen MR) is 68.6 cm³/mol. The van der Waals surface area contributed by atoms with E-state index < -0.39 is 74.6 Å². The van der Waals surface area contributed by atoms with Crippen molar-refractivity contribution in [1.29, 1.82) is 0 Å². The van der Waals surface area contributed by atoms with Crippen LogP contribution in [0.15, 0.2) is 0 Å². The molecular formula is C12H22O11. The Morgan fingerprint density at radius 1 is 0.652 bits per heavy atom. The molecule has 11 heteroatoms. The highest BCUT2D eigenvalue weighted by atomic mass is 16.7. The molecule has 0 aliphatic carbocycles. The Hall–Kier alpha value is -0.440. The normalized spacial score (nSPS) is 51.7. The van der Waals surface area contributed by atoms with E-state index >= 15 is 0 Å². The van der Waals surface area contributed by atoms with Crippen LogP contribution in [-0.2, 0) is 14.2 Å². The summed E-state index contributed by atoms with van der Waals surface area (Å²) in [7, 11) is 0. The van der Waals surface area contributed by atoms with Crippen molar-refractivity contribution in [3.63, 3.8) is 0 Å². The summed E-state index contributed by atoms with van der Waals surface area (Å²) in [6.45, 7) is -1.10. The molecule has 0 spiro atoms. The molecule has 2 saturated heterocycles. The maximum atomic E-state index is 9.78. The zero-order valence-corrected chi connectivity index (χ0v) is 12.0. The van der Waals surface area contributed by atoms with E-state index in [1.54, 1.807) is 0 Å². The lowest BCUT2D eigenvalue weighted by Crippen LogP contribution is -2.61. The highest BCUT2D eigenvalue weighted by Crippen LogP contribution is 2.24. The molecule has 2 fully saturated rings. The molecule has 0 aromatic heterocycles. The molecule has 10 atom stereocenters. The van der Waals surface area contributed by atoms with Crippen LogP contribution in [0.5, 0.6) is 0 Å². The van der Waals surface area contributed by atoms with Crippen molar-refractivity contribution < 1.29 is 55.1 Å². The molecule has 23 heavy (non-hydrogen) atoms. The highest BCUT2D eigenvalue weighted by molar-refractivity contribution is 4.91. The van der Waals surface area contributed by atoms with Crippen LogP contribution in [0.25, 0.3) is 0 Å². The Morgan fingerprint density at radius 2 is 1.22 bits per heavy atom. The van der Waals surface area contributed by atoms with E-state index in [4.69, 9.17) is 19.3 Å². The molecule has 2 rings (SSSR count). The zero-order chi connectivity index (χ0) is 17.3. The summed E-state index contributed by atoms with van der Waals surface area (Å²) in [5.41, 5.74) is 0. The van der Waals surface area contributed by atoms with Gasteiger partial charge in [-0.25, -0.2) is 0 Å². The molecular weight excluding hydrogens is 320 g/mol. The molecule has 0 saturated carbocycles. The molecule has 2 aliphatic rings. The summed E-state index contributed by atoms with van der Waals surface area (Å²) < 4.78 is 15.1. The van der Waals surface area contributed by atoms with Crippen molar-refractivity contribution >= 4 is 0 Å². The van der Waals surface area contributed by atoms with Crippen LogP contribution in [-0.4, -0.2) is 115 Å². The SMILES string of the molecule is OC[C@H]1O[C@H](OC[C@@H]2O[C@@H](O)[C@H](O)[C@H](O)[C@@H]2O)[C@H](O)[C@H](O)[C@H]1O. The van der Waals surface area contributed by atoms with E-state index in [0.29, 0.717) is 0 Å². The number of rotatable bonds is 4. The maximum Gasteiger partial charge on any atom is 0.186 e. The molecule has 2 aliphatic heterocycles. The van der Waals surface area contributed by atoms with E-state index in [1.807, 2.05) is 0 Å². The van der Waals surface area contributed by atoms with Gasteiger partial charge in [0.05, 0.1) is 13.2 Å². The maximum absolute atomic E-state index is 9.78. The lowest BCUT2D eigenvalue weighted by atomic mass is 9.98. The molecule has 0 radical (unpaired) electrons. The van der Waals surface area contributed by atoms with Crippen molar-refractivity contribution in [2.24, 2.45) is 0 Å². The summed E-state index contributed by atoms with van der Waals surface area (Å²) >= 11 is 0. The molecule has 2 heterocycles. The average molecular weight is 342 g/mol. The molecule has 0 unspecified atom stereocenters. The van der Waals surface area contributed by atoms with Gasteiger partial charge in [0, 0.05) is 0 Å². The minimum Gasteiger partial charge on any atom is -0.394 e. The van der Waals surface area contributed by atoms with Crippen LogP contribution in [0.4, 0.5) is 0 Å². The minimum atomic E-state index is -1.74. The van der Waals surface area contributed by atoms with Gasteiger partial charge in [0.15, 0.2) is 12.6 Å². The summed E-state index contributed by atoms with van der Waals surface area (Å²) in [6.07, 6.45) is -15.3. The van der Waals surface area contributed by atoms with Crippen molar-refractivity contribution in [2.45, 2.75) is 61.4 Å². The van der Waals surface area contributed by atoms with Gasteiger partial charge in [-0.15, -0.1) is 0 Å². The van der Waals surface area contributed by atoms with Crippen LogP contribution in [0, 0.1) is 0 Å². The number of aliphatic hydroxyl groups is 8. The van der Waals surface area contributed by atoms with Crippen molar-refractivity contribution in [3.8, 4) is 0 Å². The fourth-order valence-electron chi connectivity index (χ4n) is 2.46. The number of ether oxygens (including phenoxy) is 3. The predicted octanol–water partition coefficient (Wildman–Crippen LogP) is -5.40. The fourth-order valence-corrected chi connectivity index (χ4v) is 2.46. The minimum absolute atomic E-state index is 0.468. The molecule has 136 valence electrons. The van der Waals surface area contributed by atoms with E-state index in [1.165, 1.54) is 0 Å². The summed E-state index contributed by atoms with van der Waals surface area (Å²) in [4.78, 5) is 0. The quantitative estimate of drug-likeness (QED) is 0.243. The monoisotopic (exact) mass is 342 g/mol. The summed E-state index contributed by atoms with van der Waals surface area (Å²) in [5, 5.41) is 76.1. The fraction of sp³-hybridized carbons (Fsp3) is 1.00. The second kappa shape index (κ2) is 7.63. The smallest absolute Gasteiger partial charge is 0.186 e. The van der Waals surface area contributed by atoms with E-state index in [2.05, 4.69) is 0 Å². The van der Waals surface area contributed by atoms with Crippen LogP contribution < -0.4 is 0 Å². The third-order valence-corrected chi connectivity index (χ3v) is 3.96. The van der Waals surface area contributed by atoms with Crippen LogP contribution in [0.3, 0.4) is 0 Å². The van der Waals surface area contributed by atoms with Crippen LogP contribution in [0.2, 0.25) is 0 Å². The van der Waals surface area contributed by atoms with Crippen LogP contribution in [0.1, 0.15) is 0 Å². The lowest BCUT2D eigenvalue weighted by Gasteiger charge is -2.41. The largest absolute Gasteiger partial charge is 0.394 e. The van der Waals surface area contributed by atoms with Crippen LogP contribution >= 0.6 is 0 Å². The lowest BCUT2D eigenvalue weighted by molar-refractivity contribution is -0.325. The van der Waals surface area contributed by atoms with E-state index in [-0.39, 0.29) is 0 Å². The first kappa shape index (κ1) is 18.9. The van der Waals surface area contributed by atoms with Gasteiger partial charge in [0.25, 0.3) is 0 Å². The molecule has 0 aromatic carbocycles.